The lowest BCUT2D eigenvalue weighted by molar-refractivity contribution is 0.0598. The maximum Gasteiger partial charge on any atom is 0.341 e. The number of carbonyl (C=O) groups is 1. The molecule has 2 saturated heterocycles. The fourth-order valence-corrected chi connectivity index (χ4v) is 3.38. The fraction of sp³-hybridized carbons (Fsp3) is 0.647. The minimum atomic E-state index is -0.393. The summed E-state index contributed by atoms with van der Waals surface area (Å²) in [6.07, 6.45) is 3.99. The van der Waals surface area contributed by atoms with E-state index in [2.05, 4.69) is 15.6 Å². The molecule has 2 aliphatic rings. The Kier molecular flexibility index (Phi) is 7.12. The molecule has 25 heavy (non-hydrogen) atoms. The number of fused-ring (bicyclic) bond motifs is 2. The normalized spacial score (nSPS) is 24.8. The van der Waals surface area contributed by atoms with Crippen molar-refractivity contribution in [2.75, 3.05) is 13.7 Å². The van der Waals surface area contributed by atoms with Gasteiger partial charge in [-0.25, -0.2) is 9.79 Å². The monoisotopic (exact) mass is 463 g/mol. The zero-order valence-electron chi connectivity index (χ0n) is 14.8. The number of aliphatic imine (C=N–C) groups is 1. The smallest absolute Gasteiger partial charge is 0.341 e. The summed E-state index contributed by atoms with van der Waals surface area (Å²) < 4.78 is 16.2. The Morgan fingerprint density at radius 3 is 2.84 bits per heavy atom. The third-order valence-electron chi connectivity index (χ3n) is 4.54. The summed E-state index contributed by atoms with van der Waals surface area (Å²) in [7, 11) is 1.36. The fourth-order valence-electron chi connectivity index (χ4n) is 3.38. The van der Waals surface area contributed by atoms with Gasteiger partial charge in [-0.15, -0.1) is 24.0 Å². The summed E-state index contributed by atoms with van der Waals surface area (Å²) in [5, 5.41) is 6.70. The first kappa shape index (κ1) is 20.0. The predicted molar refractivity (Wildman–Crippen MR) is 104 cm³/mol. The SMILES string of the molecule is CCNC(=NCc1cc(C(=O)OC)c(C)o1)NC1CC2CCC1O2.I. The maximum atomic E-state index is 11.6. The number of furan rings is 1. The van der Waals surface area contributed by atoms with Crippen LogP contribution in [0.2, 0.25) is 0 Å². The number of nitrogens with one attached hydrogen (secondary N) is 2. The first-order chi connectivity index (χ1) is 11.6. The van der Waals surface area contributed by atoms with Crippen LogP contribution in [0.15, 0.2) is 15.5 Å². The second-order valence-electron chi connectivity index (χ2n) is 6.23. The van der Waals surface area contributed by atoms with Crippen LogP contribution in [0.5, 0.6) is 0 Å². The van der Waals surface area contributed by atoms with Crippen LogP contribution in [0.3, 0.4) is 0 Å². The van der Waals surface area contributed by atoms with Crippen LogP contribution >= 0.6 is 24.0 Å². The molecule has 1 aromatic rings. The van der Waals surface area contributed by atoms with Gasteiger partial charge in [0.2, 0.25) is 0 Å². The third-order valence-corrected chi connectivity index (χ3v) is 4.54. The molecule has 3 rings (SSSR count). The van der Waals surface area contributed by atoms with Gasteiger partial charge in [0.1, 0.15) is 23.6 Å². The van der Waals surface area contributed by atoms with Crippen molar-refractivity contribution in [3.8, 4) is 0 Å². The van der Waals surface area contributed by atoms with Crippen molar-refractivity contribution in [1.29, 1.82) is 0 Å². The first-order valence-corrected chi connectivity index (χ1v) is 8.48. The summed E-state index contributed by atoms with van der Waals surface area (Å²) in [5.74, 6) is 1.53. The Hall–Kier alpha value is -1.29. The van der Waals surface area contributed by atoms with Gasteiger partial charge in [0.25, 0.3) is 0 Å². The molecule has 0 aromatic carbocycles. The number of guanidine groups is 1. The molecule has 8 heteroatoms. The van der Waals surface area contributed by atoms with Crippen LogP contribution in [0, 0.1) is 6.92 Å². The molecule has 0 aliphatic carbocycles. The van der Waals surface area contributed by atoms with Gasteiger partial charge in [-0.3, -0.25) is 0 Å². The average Bonchev–Trinajstić information content (AvgIpc) is 3.27. The van der Waals surface area contributed by atoms with Crippen molar-refractivity contribution >= 4 is 35.9 Å². The number of aryl methyl sites for hydroxylation is 1. The highest BCUT2D eigenvalue weighted by atomic mass is 127. The van der Waals surface area contributed by atoms with E-state index in [0.29, 0.717) is 35.8 Å². The lowest BCUT2D eigenvalue weighted by atomic mass is 9.96. The minimum absolute atomic E-state index is 0. The highest BCUT2D eigenvalue weighted by Crippen LogP contribution is 2.34. The van der Waals surface area contributed by atoms with E-state index in [4.69, 9.17) is 13.9 Å². The van der Waals surface area contributed by atoms with E-state index in [1.54, 1.807) is 13.0 Å². The Morgan fingerprint density at radius 2 is 2.24 bits per heavy atom. The summed E-state index contributed by atoms with van der Waals surface area (Å²) in [5.41, 5.74) is 0.446. The zero-order chi connectivity index (χ0) is 17.1. The number of hydrogen-bond acceptors (Lipinski definition) is 5. The molecular formula is C17H26IN3O4. The van der Waals surface area contributed by atoms with Crippen LogP contribution in [0.25, 0.3) is 0 Å². The molecule has 2 N–H and O–H groups in total. The van der Waals surface area contributed by atoms with Crippen molar-refractivity contribution in [3.05, 3.63) is 23.2 Å². The van der Waals surface area contributed by atoms with Crippen LogP contribution in [0.4, 0.5) is 0 Å². The molecule has 0 saturated carbocycles. The summed E-state index contributed by atoms with van der Waals surface area (Å²) >= 11 is 0. The lowest BCUT2D eigenvalue weighted by Crippen LogP contribution is -2.47. The zero-order valence-corrected chi connectivity index (χ0v) is 17.2. The van der Waals surface area contributed by atoms with Gasteiger partial charge >= 0.3 is 5.97 Å². The van der Waals surface area contributed by atoms with Gasteiger partial charge in [0, 0.05) is 6.54 Å². The van der Waals surface area contributed by atoms with Gasteiger partial charge in [-0.2, -0.15) is 0 Å². The number of nitrogens with zero attached hydrogens (tertiary/aromatic N) is 1. The molecule has 3 unspecified atom stereocenters. The molecule has 2 aliphatic heterocycles. The molecule has 0 amide bonds. The summed E-state index contributed by atoms with van der Waals surface area (Å²) in [6, 6.07) is 2.00. The third kappa shape index (κ3) is 4.66. The van der Waals surface area contributed by atoms with Crippen molar-refractivity contribution in [2.45, 2.75) is 57.9 Å². The van der Waals surface area contributed by atoms with Crippen LogP contribution in [-0.4, -0.2) is 43.8 Å². The van der Waals surface area contributed by atoms with Crippen LogP contribution < -0.4 is 10.6 Å². The molecule has 140 valence electrons. The number of carbonyl (C=O) groups excluding carboxylic acids is 1. The molecule has 2 bridgehead atoms. The van der Waals surface area contributed by atoms with Gasteiger partial charge in [-0.1, -0.05) is 0 Å². The Morgan fingerprint density at radius 1 is 1.44 bits per heavy atom. The quantitative estimate of drug-likeness (QED) is 0.302. The molecule has 1 aromatic heterocycles. The van der Waals surface area contributed by atoms with E-state index in [1.165, 1.54) is 13.5 Å². The van der Waals surface area contributed by atoms with Crippen molar-refractivity contribution in [3.63, 3.8) is 0 Å². The van der Waals surface area contributed by atoms with Gasteiger partial charge in [-0.05, 0) is 39.2 Å². The number of ether oxygens (including phenoxy) is 2. The van der Waals surface area contributed by atoms with E-state index >= 15 is 0 Å². The highest BCUT2D eigenvalue weighted by molar-refractivity contribution is 14.0. The molecule has 3 atom stereocenters. The van der Waals surface area contributed by atoms with Crippen molar-refractivity contribution < 1.29 is 18.7 Å². The Labute approximate surface area is 164 Å². The number of halogens is 1. The highest BCUT2D eigenvalue weighted by Gasteiger charge is 2.41. The van der Waals surface area contributed by atoms with Gasteiger partial charge in [0.15, 0.2) is 5.96 Å². The van der Waals surface area contributed by atoms with Crippen molar-refractivity contribution in [2.24, 2.45) is 4.99 Å². The van der Waals surface area contributed by atoms with Gasteiger partial charge < -0.3 is 24.5 Å². The summed E-state index contributed by atoms with van der Waals surface area (Å²) in [4.78, 5) is 16.2. The van der Waals surface area contributed by atoms with Crippen molar-refractivity contribution in [1.82, 2.24) is 10.6 Å². The molecule has 2 fully saturated rings. The molecule has 0 spiro atoms. The minimum Gasteiger partial charge on any atom is -0.465 e. The van der Waals surface area contributed by atoms with Crippen LogP contribution in [-0.2, 0) is 16.0 Å². The number of rotatable bonds is 5. The van der Waals surface area contributed by atoms with Gasteiger partial charge in [0.05, 0.1) is 25.4 Å². The first-order valence-electron chi connectivity index (χ1n) is 8.48. The standard InChI is InChI=1S/C17H25N3O4.HI/c1-4-18-17(20-14-8-11-5-6-15(14)24-11)19-9-12-7-13(10(2)23-12)16(21)22-3;/h7,11,14-15H,4-6,8-9H2,1-3H3,(H2,18,19,20);1H. The number of methoxy groups -OCH3 is 1. The number of esters is 1. The molecule has 0 radical (unpaired) electrons. The topological polar surface area (TPSA) is 85.1 Å². The molecular weight excluding hydrogens is 437 g/mol. The van der Waals surface area contributed by atoms with Crippen LogP contribution in [0.1, 0.15) is 48.1 Å². The second-order valence-corrected chi connectivity index (χ2v) is 6.23. The molecule has 3 heterocycles. The van der Waals surface area contributed by atoms with E-state index in [1.807, 2.05) is 6.92 Å². The summed E-state index contributed by atoms with van der Waals surface area (Å²) in [6.45, 7) is 4.91. The van der Waals surface area contributed by atoms with E-state index in [9.17, 15) is 4.79 Å². The van der Waals surface area contributed by atoms with E-state index < -0.39 is 5.97 Å². The van der Waals surface area contributed by atoms with E-state index in [0.717, 1.165) is 25.3 Å². The maximum absolute atomic E-state index is 11.6. The largest absolute Gasteiger partial charge is 0.465 e. The second kappa shape index (κ2) is 8.88. The Balaban J connectivity index is 0.00000225. The molecule has 7 nitrogen and oxygen atoms in total. The lowest BCUT2D eigenvalue weighted by Gasteiger charge is -2.22. The van der Waals surface area contributed by atoms with E-state index in [-0.39, 0.29) is 30.1 Å². The number of hydrogen-bond donors (Lipinski definition) is 2. The predicted octanol–water partition coefficient (Wildman–Crippen LogP) is 2.37. The average molecular weight is 463 g/mol. The Bertz CT molecular complexity index is 631.